The Hall–Kier alpha value is -3.96. The van der Waals surface area contributed by atoms with Crippen LogP contribution in [0, 0.1) is 24.1 Å². The quantitative estimate of drug-likeness (QED) is 0.348. The van der Waals surface area contributed by atoms with Crippen molar-refractivity contribution in [3.63, 3.8) is 0 Å². The lowest BCUT2D eigenvalue weighted by Crippen LogP contribution is -2.04. The summed E-state index contributed by atoms with van der Waals surface area (Å²) in [4.78, 5) is 4.36. The molecule has 3 aromatic rings. The Morgan fingerprint density at radius 1 is 1.12 bits per heavy atom. The van der Waals surface area contributed by atoms with Crippen LogP contribution in [0.2, 0.25) is 0 Å². The van der Waals surface area contributed by atoms with Gasteiger partial charge in [-0.05, 0) is 61.4 Å². The van der Waals surface area contributed by atoms with E-state index in [-0.39, 0.29) is 12.4 Å². The monoisotopic (exact) mass is 448 g/mol. The van der Waals surface area contributed by atoms with Gasteiger partial charge in [-0.25, -0.2) is 9.37 Å². The van der Waals surface area contributed by atoms with E-state index in [1.54, 1.807) is 37.6 Å². The van der Waals surface area contributed by atoms with Crippen molar-refractivity contribution >= 4 is 12.0 Å². The molecule has 0 fully saturated rings. The first-order chi connectivity index (χ1) is 16.0. The fraction of sp³-hybridized carbons (Fsp3) is 0.240. The maximum atomic E-state index is 13.4. The predicted molar refractivity (Wildman–Crippen MR) is 124 cm³/mol. The second-order valence-electron chi connectivity index (χ2n) is 7.12. The molecule has 0 aliphatic rings. The molecule has 0 atom stereocenters. The molecule has 1 aromatic heterocycles. The van der Waals surface area contributed by atoms with Gasteiger partial charge in [-0.1, -0.05) is 12.1 Å². The average molecular weight is 448 g/mol. The number of pyridine rings is 1. The average Bonchev–Trinajstić information content (AvgIpc) is 2.79. The van der Waals surface area contributed by atoms with E-state index in [0.717, 1.165) is 22.4 Å². The summed E-state index contributed by atoms with van der Waals surface area (Å²) in [6.45, 7) is 4.69. The van der Waals surface area contributed by atoms with Gasteiger partial charge in [0.05, 0.1) is 19.4 Å². The van der Waals surface area contributed by atoms with Crippen LogP contribution in [0.3, 0.4) is 0 Å². The van der Waals surface area contributed by atoms with Crippen molar-refractivity contribution in [3.8, 4) is 17.6 Å². The lowest BCUT2D eigenvalue weighted by atomic mass is 10.1. The van der Waals surface area contributed by atoms with Gasteiger partial charge in [0.15, 0.2) is 17.3 Å². The number of methoxy groups -OCH3 is 1. The first kappa shape index (κ1) is 23.7. The number of aryl methyl sites for hydroxylation is 1. The molecule has 3 rings (SSSR count). The maximum absolute atomic E-state index is 13.4. The van der Waals surface area contributed by atoms with Crippen molar-refractivity contribution in [2.75, 3.05) is 19.1 Å². The molecule has 8 heteroatoms. The van der Waals surface area contributed by atoms with Gasteiger partial charge in [-0.15, -0.1) is 0 Å². The van der Waals surface area contributed by atoms with Crippen molar-refractivity contribution in [2.24, 2.45) is 5.10 Å². The van der Waals surface area contributed by atoms with E-state index in [9.17, 15) is 9.65 Å². The van der Waals surface area contributed by atoms with E-state index in [2.05, 4.69) is 21.6 Å². The van der Waals surface area contributed by atoms with Gasteiger partial charge in [0, 0.05) is 18.4 Å². The Morgan fingerprint density at radius 2 is 1.97 bits per heavy atom. The first-order valence-corrected chi connectivity index (χ1v) is 10.4. The van der Waals surface area contributed by atoms with E-state index in [1.165, 1.54) is 12.1 Å². The third-order valence-corrected chi connectivity index (χ3v) is 4.58. The van der Waals surface area contributed by atoms with Gasteiger partial charge < -0.3 is 14.2 Å². The van der Waals surface area contributed by atoms with Crippen LogP contribution in [0.15, 0.2) is 53.6 Å². The number of nitriles is 1. The Labute approximate surface area is 192 Å². The smallest absolute Gasteiger partial charge is 0.164 e. The van der Waals surface area contributed by atoms with E-state index >= 15 is 0 Å². The molecular weight excluding hydrogens is 423 g/mol. The van der Waals surface area contributed by atoms with E-state index in [1.807, 2.05) is 26.0 Å². The number of hydrogen-bond donors (Lipinski definition) is 1. The molecule has 0 aliphatic carbocycles. The third-order valence-electron chi connectivity index (χ3n) is 4.58. The molecule has 7 nitrogen and oxygen atoms in total. The van der Waals surface area contributed by atoms with Crippen LogP contribution in [-0.2, 0) is 18.0 Å². The Morgan fingerprint density at radius 3 is 2.70 bits per heavy atom. The summed E-state index contributed by atoms with van der Waals surface area (Å²) >= 11 is 0. The normalized spacial score (nSPS) is 10.8. The fourth-order valence-corrected chi connectivity index (χ4v) is 3.16. The van der Waals surface area contributed by atoms with Crippen LogP contribution in [-0.4, -0.2) is 24.9 Å². The molecule has 0 bridgehead atoms. The fourth-order valence-electron chi connectivity index (χ4n) is 3.16. The van der Waals surface area contributed by atoms with Crippen LogP contribution in [0.5, 0.6) is 11.5 Å². The van der Waals surface area contributed by atoms with E-state index < -0.39 is 0 Å². The minimum atomic E-state index is -0.308. The van der Waals surface area contributed by atoms with E-state index in [0.29, 0.717) is 36.1 Å². The van der Waals surface area contributed by atoms with Gasteiger partial charge in [0.25, 0.3) is 0 Å². The zero-order valence-electron chi connectivity index (χ0n) is 18.8. The molecule has 0 saturated heterocycles. The zero-order chi connectivity index (χ0) is 23.6. The molecule has 170 valence electrons. The summed E-state index contributed by atoms with van der Waals surface area (Å²) in [6.07, 6.45) is 1.60. The minimum absolute atomic E-state index is 0.215. The molecular formula is C25H25FN4O3. The third kappa shape index (κ3) is 6.51. The van der Waals surface area contributed by atoms with Gasteiger partial charge in [0.1, 0.15) is 24.1 Å². The van der Waals surface area contributed by atoms with Crippen LogP contribution in [0.1, 0.15) is 34.9 Å². The molecule has 1 heterocycles. The van der Waals surface area contributed by atoms with Crippen molar-refractivity contribution in [1.82, 2.24) is 4.98 Å². The molecule has 0 unspecified atom stereocenters. The summed E-state index contributed by atoms with van der Waals surface area (Å²) in [5.74, 6) is 1.15. The van der Waals surface area contributed by atoms with Crippen molar-refractivity contribution in [2.45, 2.75) is 27.1 Å². The van der Waals surface area contributed by atoms with Gasteiger partial charge in [-0.3, -0.25) is 5.43 Å². The number of benzene rings is 2. The Bertz CT molecular complexity index is 1170. The number of halogens is 1. The SMILES string of the molecule is CCOc1cc(/C=N/Nc2nc(C)cc(COC)c2C#N)ccc1OCc1cccc(F)c1. The molecule has 0 amide bonds. The minimum Gasteiger partial charge on any atom is -0.490 e. The van der Waals surface area contributed by atoms with Gasteiger partial charge >= 0.3 is 0 Å². The summed E-state index contributed by atoms with van der Waals surface area (Å²) in [7, 11) is 1.57. The lowest BCUT2D eigenvalue weighted by molar-refractivity contribution is 0.184. The molecule has 0 aliphatic heterocycles. The second kappa shape index (κ2) is 11.6. The number of hydrogen-bond acceptors (Lipinski definition) is 7. The van der Waals surface area contributed by atoms with E-state index in [4.69, 9.17) is 14.2 Å². The highest BCUT2D eigenvalue weighted by molar-refractivity contribution is 5.81. The molecule has 0 spiro atoms. The van der Waals surface area contributed by atoms with Crippen LogP contribution < -0.4 is 14.9 Å². The first-order valence-electron chi connectivity index (χ1n) is 10.4. The number of aromatic nitrogens is 1. The largest absolute Gasteiger partial charge is 0.490 e. The standard InChI is InChI=1S/C25H25FN4O3/c1-4-32-24-12-18(8-9-23(24)33-15-19-6-5-7-21(26)11-19)14-28-30-25-22(13-27)20(16-31-3)10-17(2)29-25/h5-12,14H,4,15-16H2,1-3H3,(H,29,30)/b28-14+. The molecule has 0 radical (unpaired) electrons. The zero-order valence-corrected chi connectivity index (χ0v) is 18.8. The van der Waals surface area contributed by atoms with Crippen molar-refractivity contribution in [3.05, 3.63) is 82.3 Å². The summed E-state index contributed by atoms with van der Waals surface area (Å²) in [6, 6.07) is 15.6. The van der Waals surface area contributed by atoms with Crippen molar-refractivity contribution < 1.29 is 18.6 Å². The topological polar surface area (TPSA) is 88.8 Å². The number of hydrazone groups is 1. The van der Waals surface area contributed by atoms with Crippen molar-refractivity contribution in [1.29, 1.82) is 5.26 Å². The number of nitrogens with zero attached hydrogens (tertiary/aromatic N) is 3. The lowest BCUT2D eigenvalue weighted by Gasteiger charge is -2.13. The Balaban J connectivity index is 1.75. The number of nitrogens with one attached hydrogen (secondary N) is 1. The highest BCUT2D eigenvalue weighted by atomic mass is 19.1. The van der Waals surface area contributed by atoms with Gasteiger partial charge in [0.2, 0.25) is 0 Å². The molecule has 2 aromatic carbocycles. The Kier molecular flexibility index (Phi) is 8.33. The number of rotatable bonds is 10. The van der Waals surface area contributed by atoms with Crippen LogP contribution >= 0.6 is 0 Å². The highest BCUT2D eigenvalue weighted by Gasteiger charge is 2.11. The number of ether oxygens (including phenoxy) is 3. The second-order valence-corrected chi connectivity index (χ2v) is 7.12. The van der Waals surface area contributed by atoms with Crippen LogP contribution in [0.4, 0.5) is 10.2 Å². The highest BCUT2D eigenvalue weighted by Crippen LogP contribution is 2.29. The summed E-state index contributed by atoms with van der Waals surface area (Å²) < 4.78 is 30.1. The molecule has 33 heavy (non-hydrogen) atoms. The number of anilines is 1. The maximum Gasteiger partial charge on any atom is 0.164 e. The molecule has 1 N–H and O–H groups in total. The van der Waals surface area contributed by atoms with Crippen LogP contribution in [0.25, 0.3) is 0 Å². The van der Waals surface area contributed by atoms with Gasteiger partial charge in [-0.2, -0.15) is 10.4 Å². The molecule has 0 saturated carbocycles. The summed E-state index contributed by atoms with van der Waals surface area (Å²) in [5.41, 5.74) is 6.19. The predicted octanol–water partition coefficient (Wildman–Crippen LogP) is 4.97. The summed E-state index contributed by atoms with van der Waals surface area (Å²) in [5, 5.41) is 13.7.